The molecule has 7 rings (SSSR count). The normalized spacial score (nSPS) is 16.3. The molecule has 0 bridgehead atoms. The maximum absolute atomic E-state index is 13.1. The summed E-state index contributed by atoms with van der Waals surface area (Å²) in [5.41, 5.74) is 9.48. The molecular formula is C48H54N7O16S5+. The van der Waals surface area contributed by atoms with Crippen LogP contribution < -0.4 is 10.2 Å². The summed E-state index contributed by atoms with van der Waals surface area (Å²) in [6.07, 6.45) is 7.99. The number of carbonyl (C=O) groups is 1. The predicted molar refractivity (Wildman–Crippen MR) is 285 cm³/mol. The van der Waals surface area contributed by atoms with E-state index in [-0.39, 0.29) is 76.5 Å². The zero-order valence-corrected chi connectivity index (χ0v) is 44.6. The van der Waals surface area contributed by atoms with Crippen molar-refractivity contribution in [2.75, 3.05) is 42.6 Å². The maximum Gasteiger partial charge on any atom is 0.295 e. The third-order valence-corrected chi connectivity index (χ3v) is 17.0. The number of benzene rings is 4. The van der Waals surface area contributed by atoms with E-state index in [1.807, 2.05) is 0 Å². The van der Waals surface area contributed by atoms with Crippen LogP contribution in [0.4, 0.5) is 11.4 Å². The van der Waals surface area contributed by atoms with Crippen molar-refractivity contribution < 1.29 is 74.2 Å². The number of aryl methyl sites for hydroxylation is 1. The minimum absolute atomic E-state index is 0. The van der Waals surface area contributed by atoms with Crippen LogP contribution in [0.15, 0.2) is 117 Å². The second-order valence-electron chi connectivity index (χ2n) is 18.7. The summed E-state index contributed by atoms with van der Waals surface area (Å²) in [7, 11) is -24.1. The van der Waals surface area contributed by atoms with Crippen molar-refractivity contribution >= 4 is 101 Å². The van der Waals surface area contributed by atoms with E-state index in [2.05, 4.69) is 20.3 Å². The summed E-state index contributed by atoms with van der Waals surface area (Å²) < 4.78 is 177. The van der Waals surface area contributed by atoms with Gasteiger partial charge in [0.25, 0.3) is 56.5 Å². The molecule has 0 radical (unpaired) electrons. The van der Waals surface area contributed by atoms with Crippen LogP contribution in [-0.4, -0.2) is 124 Å². The van der Waals surface area contributed by atoms with Gasteiger partial charge in [-0.05, 0) is 121 Å². The molecule has 3 heterocycles. The first-order valence-electron chi connectivity index (χ1n) is 22.5. The van der Waals surface area contributed by atoms with Gasteiger partial charge >= 0.3 is 0 Å². The van der Waals surface area contributed by atoms with Gasteiger partial charge in [0.15, 0.2) is 12.3 Å². The molecule has 2 aliphatic rings. The number of anilines is 1. The first-order valence-corrected chi connectivity index (χ1v) is 30.0. The molecule has 0 unspecified atom stereocenters. The number of pyridine rings is 1. The molecular weight excluding hydrogens is 1090 g/mol. The number of fused-ring (bicyclic) bond motifs is 6. The van der Waals surface area contributed by atoms with Crippen molar-refractivity contribution in [3.8, 4) is 0 Å². The first-order chi connectivity index (χ1) is 34.6. The third kappa shape index (κ3) is 12.2. The Kier molecular flexibility index (Phi) is 16.4. The summed E-state index contributed by atoms with van der Waals surface area (Å²) in [6.45, 7) is 8.17. The number of hydrogen-bond donors (Lipinski definition) is 6. The van der Waals surface area contributed by atoms with E-state index < -0.39 is 95.2 Å². The van der Waals surface area contributed by atoms with Crippen LogP contribution >= 0.6 is 0 Å². The SMILES string of the molecule is C.Cc1cc(S(=O)(=O)O)cc2c3c(ccc12)[N+](CCS(=O)(=O)O)=C(/C=C/C(=C/C=C1/N(CCS(=O)(=O)O)c2ccc4c(S(=O)(=O)O)cc(S(=O)(=O)O)cc4c2C1(C)C)c1ccc(C(=O)NCCCN=[N+]=[N-])cn1)C3(C)C. The Bertz CT molecular complexity index is 4020. The van der Waals surface area contributed by atoms with E-state index in [9.17, 15) is 69.6 Å². The van der Waals surface area contributed by atoms with Crippen molar-refractivity contribution in [2.24, 2.45) is 5.11 Å². The zero-order valence-electron chi connectivity index (χ0n) is 40.6. The maximum atomic E-state index is 13.1. The highest BCUT2D eigenvalue weighted by molar-refractivity contribution is 7.87. The molecule has 6 N–H and O–H groups in total. The number of nitrogens with one attached hydrogen (secondary N) is 1. The Hall–Kier alpha value is -6.43. The fourth-order valence-electron chi connectivity index (χ4n) is 9.66. The van der Waals surface area contributed by atoms with Crippen LogP contribution in [0, 0.1) is 6.92 Å². The second kappa shape index (κ2) is 21.2. The van der Waals surface area contributed by atoms with E-state index in [0.717, 1.165) is 6.07 Å². The van der Waals surface area contributed by atoms with Crippen LogP contribution in [0.2, 0.25) is 0 Å². The van der Waals surface area contributed by atoms with Gasteiger partial charge in [0, 0.05) is 76.2 Å². The Morgan fingerprint density at radius 2 is 1.39 bits per heavy atom. The Morgan fingerprint density at radius 3 is 1.97 bits per heavy atom. The van der Waals surface area contributed by atoms with Crippen LogP contribution in [0.5, 0.6) is 0 Å². The zero-order chi connectivity index (χ0) is 55.4. The van der Waals surface area contributed by atoms with Crippen molar-refractivity contribution in [1.29, 1.82) is 0 Å². The van der Waals surface area contributed by atoms with E-state index in [4.69, 9.17) is 5.53 Å². The molecule has 4 aromatic carbocycles. The fourth-order valence-corrected chi connectivity index (χ4v) is 12.4. The van der Waals surface area contributed by atoms with Crippen LogP contribution in [-0.2, 0) is 61.4 Å². The summed E-state index contributed by atoms with van der Waals surface area (Å²) >= 11 is 0. The lowest BCUT2D eigenvalue weighted by atomic mass is 9.78. The summed E-state index contributed by atoms with van der Waals surface area (Å²) in [4.78, 5) is 19.8. The molecule has 0 saturated carbocycles. The Morgan fingerprint density at radius 1 is 0.776 bits per heavy atom. The standard InChI is InChI=1S/C47H49N7O16S5.CH4/c1-28-23-31(73(62,63)64)24-35-33(28)10-13-38-43(35)46(2,3)41(53(38)19-21-71(56,57)58)15-8-29(37-12-7-30(27-50-37)45(55)49-17-6-18-51-52-48)9-16-42-47(4,5)44-36-25-32(74(65,66)67)26-40(75(68,69)70)34(36)11-14-39(44)54(42)20-22-72(59,60)61;/h7-16,23-27H,6,17-22H2,1-5H3,(H5-,49,55,56,57,58,59,60,61,62,63,64,65,66,67,68,69,70);1H4/p+1. The van der Waals surface area contributed by atoms with E-state index in [1.54, 1.807) is 75.6 Å². The van der Waals surface area contributed by atoms with Crippen molar-refractivity contribution in [1.82, 2.24) is 10.3 Å². The molecule has 28 heteroatoms. The number of amides is 1. The fraction of sp³-hybridized carbons (Fsp3) is 0.312. The average molecular weight is 1150 g/mol. The van der Waals surface area contributed by atoms with Gasteiger partial charge in [0.2, 0.25) is 5.69 Å². The number of aromatic nitrogens is 1. The highest BCUT2D eigenvalue weighted by Gasteiger charge is 2.47. The number of hydrogen-bond acceptors (Lipinski definition) is 14. The molecule has 0 spiro atoms. The number of nitrogens with zero attached hydrogens (tertiary/aromatic N) is 6. The van der Waals surface area contributed by atoms with Gasteiger partial charge in [-0.1, -0.05) is 38.5 Å². The molecule has 1 aromatic heterocycles. The van der Waals surface area contributed by atoms with Gasteiger partial charge in [0.1, 0.15) is 10.6 Å². The largest absolute Gasteiger partial charge is 0.352 e. The molecule has 1 amide bonds. The topological polar surface area (TPSA) is 369 Å². The van der Waals surface area contributed by atoms with Gasteiger partial charge in [-0.15, -0.1) is 0 Å². The summed E-state index contributed by atoms with van der Waals surface area (Å²) in [5, 5.41) is 6.99. The minimum atomic E-state index is -5.13. The highest BCUT2D eigenvalue weighted by atomic mass is 32.2. The number of allylic oxidation sites excluding steroid dienone is 6. The van der Waals surface area contributed by atoms with E-state index in [1.165, 1.54) is 47.5 Å². The average Bonchev–Trinajstić information content (AvgIpc) is 3.66. The van der Waals surface area contributed by atoms with Crippen molar-refractivity contribution in [3.63, 3.8) is 0 Å². The number of carbonyl (C=O) groups excluding carboxylic acids is 1. The van der Waals surface area contributed by atoms with Gasteiger partial charge in [-0.3, -0.25) is 32.5 Å². The monoisotopic (exact) mass is 1140 g/mol. The van der Waals surface area contributed by atoms with Gasteiger partial charge in [-0.2, -0.15) is 46.7 Å². The van der Waals surface area contributed by atoms with Crippen molar-refractivity contribution in [3.05, 3.63) is 135 Å². The molecule has 0 fully saturated rings. The van der Waals surface area contributed by atoms with Crippen LogP contribution in [0.25, 0.3) is 37.6 Å². The summed E-state index contributed by atoms with van der Waals surface area (Å²) in [6, 6.07) is 13.3. The lowest BCUT2D eigenvalue weighted by molar-refractivity contribution is -0.432. The Balaban J connectivity index is 0.00000937. The predicted octanol–water partition coefficient (Wildman–Crippen LogP) is 6.98. The molecule has 406 valence electrons. The smallest absolute Gasteiger partial charge is 0.295 e. The minimum Gasteiger partial charge on any atom is -0.352 e. The van der Waals surface area contributed by atoms with E-state index in [0.29, 0.717) is 45.8 Å². The molecule has 5 aromatic rings. The molecule has 76 heavy (non-hydrogen) atoms. The highest BCUT2D eigenvalue weighted by Crippen LogP contribution is 2.52. The van der Waals surface area contributed by atoms with Crippen LogP contribution in [0.1, 0.15) is 74.3 Å². The third-order valence-electron chi connectivity index (χ3n) is 13.0. The van der Waals surface area contributed by atoms with Crippen molar-refractivity contribution in [2.45, 2.75) is 74.0 Å². The summed E-state index contributed by atoms with van der Waals surface area (Å²) in [5.74, 6) is -2.08. The lowest BCUT2D eigenvalue weighted by Gasteiger charge is -2.27. The second-order valence-corrected chi connectivity index (χ2v) is 26.1. The first kappa shape index (κ1) is 58.8. The number of azide groups is 1. The lowest BCUT2D eigenvalue weighted by Crippen LogP contribution is -2.30. The number of rotatable bonds is 18. The van der Waals surface area contributed by atoms with E-state index >= 15 is 0 Å². The molecule has 0 aliphatic carbocycles. The molecule has 0 atom stereocenters. The molecule has 2 aliphatic heterocycles. The molecule has 23 nitrogen and oxygen atoms in total. The van der Waals surface area contributed by atoms with Gasteiger partial charge < -0.3 is 10.2 Å². The molecule has 0 saturated heterocycles. The quantitative estimate of drug-likeness (QED) is 0.00980. The van der Waals surface area contributed by atoms with Gasteiger partial charge in [-0.25, -0.2) is 0 Å². The Labute approximate surface area is 439 Å². The van der Waals surface area contributed by atoms with Crippen LogP contribution in [0.3, 0.4) is 0 Å². The van der Waals surface area contributed by atoms with Gasteiger partial charge in [0.05, 0.1) is 32.2 Å².